The van der Waals surface area contributed by atoms with Gasteiger partial charge in [-0.1, -0.05) is 19.8 Å². The molecule has 0 aromatic carbocycles. The van der Waals surface area contributed by atoms with Crippen molar-refractivity contribution in [1.82, 2.24) is 9.80 Å². The minimum absolute atomic E-state index is 0.761. The summed E-state index contributed by atoms with van der Waals surface area (Å²) >= 11 is 0. The fourth-order valence-electron chi connectivity index (χ4n) is 3.50. The van der Waals surface area contributed by atoms with E-state index >= 15 is 0 Å². The fraction of sp³-hybridized carbons (Fsp3) is 0.941. The van der Waals surface area contributed by atoms with Crippen molar-refractivity contribution in [2.75, 3.05) is 39.3 Å². The summed E-state index contributed by atoms with van der Waals surface area (Å²) in [6.07, 6.45) is 10.6. The quantitative estimate of drug-likeness (QED) is 0.465. The van der Waals surface area contributed by atoms with Crippen molar-refractivity contribution in [3.05, 3.63) is 0 Å². The molecule has 2 heterocycles. The second-order valence-corrected chi connectivity index (χ2v) is 6.90. The highest BCUT2D eigenvalue weighted by atomic mass is 15.3. The van der Waals surface area contributed by atoms with E-state index in [0.717, 1.165) is 31.5 Å². The molecule has 2 fully saturated rings. The van der Waals surface area contributed by atoms with Gasteiger partial charge in [0.2, 0.25) is 0 Å². The number of rotatable bonds is 6. The van der Waals surface area contributed by atoms with E-state index < -0.39 is 0 Å². The highest BCUT2D eigenvalue weighted by Gasteiger charge is 2.17. The molecule has 2 aliphatic rings. The molecule has 0 aromatic heterocycles. The largest absolute Gasteiger partial charge is 0.370 e. The zero-order valence-electron chi connectivity index (χ0n) is 13.9. The minimum atomic E-state index is 0.761. The predicted molar refractivity (Wildman–Crippen MR) is 90.6 cm³/mol. The van der Waals surface area contributed by atoms with Gasteiger partial charge in [-0.2, -0.15) is 0 Å². The van der Waals surface area contributed by atoms with Gasteiger partial charge in [-0.25, -0.2) is 0 Å². The zero-order valence-corrected chi connectivity index (χ0v) is 13.9. The van der Waals surface area contributed by atoms with E-state index in [4.69, 9.17) is 5.73 Å². The molecule has 122 valence electrons. The molecular weight excluding hydrogens is 260 g/mol. The molecule has 1 unspecified atom stereocenters. The molecule has 0 radical (unpaired) electrons. The Hall–Kier alpha value is -0.770. The Kier molecular flexibility index (Phi) is 7.34. The van der Waals surface area contributed by atoms with Gasteiger partial charge in [0.15, 0.2) is 5.96 Å². The number of hydrogen-bond donors (Lipinski definition) is 1. The number of aliphatic imine (C=N–C) groups is 1. The van der Waals surface area contributed by atoms with Crippen LogP contribution in [0.5, 0.6) is 0 Å². The van der Waals surface area contributed by atoms with Gasteiger partial charge in [-0.05, 0) is 64.1 Å². The van der Waals surface area contributed by atoms with Crippen LogP contribution in [0.4, 0.5) is 0 Å². The second kappa shape index (κ2) is 9.29. The lowest BCUT2D eigenvalue weighted by atomic mass is 10.0. The van der Waals surface area contributed by atoms with E-state index in [2.05, 4.69) is 21.7 Å². The Balaban J connectivity index is 1.52. The van der Waals surface area contributed by atoms with Crippen molar-refractivity contribution in [2.24, 2.45) is 16.6 Å². The van der Waals surface area contributed by atoms with Crippen LogP contribution in [-0.4, -0.2) is 55.0 Å². The van der Waals surface area contributed by atoms with Crippen molar-refractivity contribution < 1.29 is 0 Å². The van der Waals surface area contributed by atoms with Gasteiger partial charge < -0.3 is 15.5 Å². The minimum Gasteiger partial charge on any atom is -0.370 e. The van der Waals surface area contributed by atoms with Crippen LogP contribution < -0.4 is 5.73 Å². The third kappa shape index (κ3) is 6.25. The summed E-state index contributed by atoms with van der Waals surface area (Å²) in [5.41, 5.74) is 6.11. The molecule has 0 aromatic rings. The normalized spacial score (nSPS) is 25.3. The molecular formula is C17H34N4. The van der Waals surface area contributed by atoms with E-state index in [-0.39, 0.29) is 0 Å². The van der Waals surface area contributed by atoms with Gasteiger partial charge in [0.05, 0.1) is 0 Å². The average molecular weight is 294 g/mol. The number of piperidine rings is 2. The maximum Gasteiger partial charge on any atom is 0.191 e. The molecule has 4 nitrogen and oxygen atoms in total. The summed E-state index contributed by atoms with van der Waals surface area (Å²) < 4.78 is 0. The summed E-state index contributed by atoms with van der Waals surface area (Å²) in [4.78, 5) is 9.46. The van der Waals surface area contributed by atoms with Crippen molar-refractivity contribution in [3.8, 4) is 0 Å². The Morgan fingerprint density at radius 3 is 2.62 bits per heavy atom. The lowest BCUT2D eigenvalue weighted by Crippen LogP contribution is -2.43. The Morgan fingerprint density at radius 2 is 1.86 bits per heavy atom. The zero-order chi connectivity index (χ0) is 14.9. The Morgan fingerprint density at radius 1 is 1.05 bits per heavy atom. The van der Waals surface area contributed by atoms with Crippen molar-refractivity contribution >= 4 is 5.96 Å². The molecule has 2 rings (SSSR count). The number of likely N-dealkylation sites (tertiary alicyclic amines) is 2. The highest BCUT2D eigenvalue weighted by molar-refractivity contribution is 5.78. The monoisotopic (exact) mass is 294 g/mol. The van der Waals surface area contributed by atoms with E-state index in [1.165, 1.54) is 71.0 Å². The van der Waals surface area contributed by atoms with Gasteiger partial charge in [-0.3, -0.25) is 4.99 Å². The van der Waals surface area contributed by atoms with Crippen LogP contribution in [0.15, 0.2) is 4.99 Å². The van der Waals surface area contributed by atoms with E-state index in [1.807, 2.05) is 0 Å². The van der Waals surface area contributed by atoms with Crippen LogP contribution in [0.2, 0.25) is 0 Å². The first-order chi connectivity index (χ1) is 10.3. The van der Waals surface area contributed by atoms with Crippen molar-refractivity contribution in [2.45, 2.75) is 58.3 Å². The third-order valence-electron chi connectivity index (χ3n) is 4.84. The Bertz CT molecular complexity index is 310. The molecule has 21 heavy (non-hydrogen) atoms. The van der Waals surface area contributed by atoms with Gasteiger partial charge in [-0.15, -0.1) is 0 Å². The number of nitrogens with two attached hydrogens (primary N) is 1. The summed E-state index contributed by atoms with van der Waals surface area (Å²) in [6.45, 7) is 9.30. The number of unbranched alkanes of at least 4 members (excludes halogenated alkanes) is 2. The van der Waals surface area contributed by atoms with Crippen molar-refractivity contribution in [1.29, 1.82) is 0 Å². The topological polar surface area (TPSA) is 44.9 Å². The summed E-state index contributed by atoms with van der Waals surface area (Å²) in [5.74, 6) is 1.54. The van der Waals surface area contributed by atoms with Crippen LogP contribution in [0.1, 0.15) is 58.3 Å². The van der Waals surface area contributed by atoms with Gasteiger partial charge in [0.25, 0.3) is 0 Å². The molecule has 0 bridgehead atoms. The first kappa shape index (κ1) is 16.6. The standard InChI is InChI=1S/C17H34N4/c1-16-9-8-14-21(15-16)17(18)19-10-4-2-5-11-20-12-6-3-7-13-20/h16H,2-15H2,1H3,(H2,18,19). The van der Waals surface area contributed by atoms with Gasteiger partial charge in [0, 0.05) is 19.6 Å². The van der Waals surface area contributed by atoms with Crippen LogP contribution in [0.25, 0.3) is 0 Å². The third-order valence-corrected chi connectivity index (χ3v) is 4.84. The van der Waals surface area contributed by atoms with Gasteiger partial charge >= 0.3 is 0 Å². The van der Waals surface area contributed by atoms with Gasteiger partial charge in [0.1, 0.15) is 0 Å². The first-order valence-corrected chi connectivity index (χ1v) is 9.03. The van der Waals surface area contributed by atoms with E-state index in [0.29, 0.717) is 0 Å². The maximum absolute atomic E-state index is 6.11. The number of hydrogen-bond acceptors (Lipinski definition) is 2. The number of guanidine groups is 1. The molecule has 4 heteroatoms. The van der Waals surface area contributed by atoms with E-state index in [9.17, 15) is 0 Å². The van der Waals surface area contributed by atoms with Crippen LogP contribution in [0, 0.1) is 5.92 Å². The van der Waals surface area contributed by atoms with E-state index in [1.54, 1.807) is 0 Å². The molecule has 2 N–H and O–H groups in total. The highest BCUT2D eigenvalue weighted by Crippen LogP contribution is 2.15. The maximum atomic E-state index is 6.11. The molecule has 0 spiro atoms. The summed E-state index contributed by atoms with van der Waals surface area (Å²) in [7, 11) is 0. The molecule has 0 aliphatic carbocycles. The molecule has 0 saturated carbocycles. The van der Waals surface area contributed by atoms with Crippen molar-refractivity contribution in [3.63, 3.8) is 0 Å². The molecule has 0 amide bonds. The Labute approximate surface area is 130 Å². The number of nitrogens with zero attached hydrogens (tertiary/aromatic N) is 3. The fourth-order valence-corrected chi connectivity index (χ4v) is 3.50. The lowest BCUT2D eigenvalue weighted by molar-refractivity contribution is 0.224. The predicted octanol–water partition coefficient (Wildman–Crippen LogP) is 2.69. The average Bonchev–Trinajstić information content (AvgIpc) is 2.51. The molecule has 2 aliphatic heterocycles. The van der Waals surface area contributed by atoms with Crippen LogP contribution in [0.3, 0.4) is 0 Å². The first-order valence-electron chi connectivity index (χ1n) is 9.03. The smallest absolute Gasteiger partial charge is 0.191 e. The SMILES string of the molecule is CC1CCCN(C(N)=NCCCCCN2CCCCC2)C1. The van der Waals surface area contributed by atoms with Crippen LogP contribution >= 0.6 is 0 Å². The van der Waals surface area contributed by atoms with Crippen LogP contribution in [-0.2, 0) is 0 Å². The molecule has 2 saturated heterocycles. The second-order valence-electron chi connectivity index (χ2n) is 6.90. The summed E-state index contributed by atoms with van der Waals surface area (Å²) in [6, 6.07) is 0. The summed E-state index contributed by atoms with van der Waals surface area (Å²) in [5, 5.41) is 0. The molecule has 1 atom stereocenters. The lowest BCUT2D eigenvalue weighted by Gasteiger charge is -2.31.